The van der Waals surface area contributed by atoms with E-state index in [1.165, 1.54) is 12.3 Å². The minimum Gasteiger partial charge on any atom is -0.383 e. The maximum Gasteiger partial charge on any atom is 0.327 e. The first kappa shape index (κ1) is 15.7. The van der Waals surface area contributed by atoms with Crippen LogP contribution in [0.5, 0.6) is 0 Å². The molecule has 2 rings (SSSR count). The topological polar surface area (TPSA) is 96.5 Å². The van der Waals surface area contributed by atoms with Gasteiger partial charge in [-0.15, -0.1) is 0 Å². The fourth-order valence-electron chi connectivity index (χ4n) is 2.04. The Bertz CT molecular complexity index is 632. The molecule has 1 aromatic carbocycles. The number of imide groups is 1. The Hall–Kier alpha value is -2.73. The number of aliphatic hydroxyl groups excluding tert-OH is 1. The van der Waals surface area contributed by atoms with Gasteiger partial charge >= 0.3 is 6.03 Å². The van der Waals surface area contributed by atoms with Gasteiger partial charge in [0.25, 0.3) is 5.91 Å². The van der Waals surface area contributed by atoms with Crippen LogP contribution in [0.25, 0.3) is 0 Å². The molecule has 3 amide bonds. The summed E-state index contributed by atoms with van der Waals surface area (Å²) < 4.78 is 0. The first-order valence-electron chi connectivity index (χ1n) is 6.86. The second-order valence-corrected chi connectivity index (χ2v) is 4.74. The number of aliphatic hydroxyl groups is 1. The highest BCUT2D eigenvalue weighted by Crippen LogP contribution is 2.13. The standard InChI is InChI=1S/C16H17N3O3/c17-16(22)19(14-8-4-5-11-18-14)15(21)13(20)10-9-12-6-2-1-3-7-12/h1-8,11,13,20H,9-10H2,(H2,17,22)/t13-/m0/s1. The van der Waals surface area contributed by atoms with Crippen LogP contribution in [-0.2, 0) is 11.2 Å². The van der Waals surface area contributed by atoms with E-state index in [9.17, 15) is 14.7 Å². The number of hydrogen-bond donors (Lipinski definition) is 2. The zero-order valence-electron chi connectivity index (χ0n) is 11.9. The highest BCUT2D eigenvalue weighted by atomic mass is 16.3. The number of nitrogens with zero attached hydrogens (tertiary/aromatic N) is 2. The average molecular weight is 299 g/mol. The van der Waals surface area contributed by atoms with Gasteiger partial charge in [0.1, 0.15) is 11.9 Å². The van der Waals surface area contributed by atoms with E-state index >= 15 is 0 Å². The lowest BCUT2D eigenvalue weighted by Crippen LogP contribution is -2.46. The minimum atomic E-state index is -1.32. The van der Waals surface area contributed by atoms with E-state index in [4.69, 9.17) is 5.73 Å². The van der Waals surface area contributed by atoms with Gasteiger partial charge in [-0.3, -0.25) is 4.79 Å². The molecule has 0 radical (unpaired) electrons. The Labute approximate surface area is 128 Å². The molecule has 0 aliphatic carbocycles. The summed E-state index contributed by atoms with van der Waals surface area (Å²) >= 11 is 0. The van der Waals surface area contributed by atoms with Crippen LogP contribution in [0.4, 0.5) is 10.6 Å². The number of pyridine rings is 1. The predicted octanol–water partition coefficient (Wildman–Crippen LogP) is 1.49. The van der Waals surface area contributed by atoms with E-state index in [-0.39, 0.29) is 12.2 Å². The molecule has 0 saturated heterocycles. The number of carbonyl (C=O) groups excluding carboxylic acids is 2. The maximum absolute atomic E-state index is 12.2. The Kier molecular flexibility index (Phi) is 5.21. The van der Waals surface area contributed by atoms with Gasteiger partial charge in [0.15, 0.2) is 0 Å². The summed E-state index contributed by atoms with van der Waals surface area (Å²) in [4.78, 5) is 28.3. The smallest absolute Gasteiger partial charge is 0.327 e. The normalized spacial score (nSPS) is 11.7. The van der Waals surface area contributed by atoms with E-state index in [2.05, 4.69) is 4.98 Å². The van der Waals surface area contributed by atoms with Gasteiger partial charge in [0, 0.05) is 6.20 Å². The molecular weight excluding hydrogens is 282 g/mol. The molecular formula is C16H17N3O3. The van der Waals surface area contributed by atoms with Crippen molar-refractivity contribution in [2.75, 3.05) is 4.90 Å². The molecule has 1 heterocycles. The van der Waals surface area contributed by atoms with Crippen molar-refractivity contribution in [2.24, 2.45) is 5.73 Å². The van der Waals surface area contributed by atoms with E-state index in [1.807, 2.05) is 30.3 Å². The van der Waals surface area contributed by atoms with Crippen LogP contribution >= 0.6 is 0 Å². The number of benzene rings is 1. The molecule has 114 valence electrons. The number of hydrogen-bond acceptors (Lipinski definition) is 4. The molecule has 3 N–H and O–H groups in total. The van der Waals surface area contributed by atoms with E-state index in [1.54, 1.807) is 12.1 Å². The highest BCUT2D eigenvalue weighted by Gasteiger charge is 2.28. The third-order valence-corrected chi connectivity index (χ3v) is 3.15. The average Bonchev–Trinajstić information content (AvgIpc) is 2.54. The number of carbonyl (C=O) groups is 2. The largest absolute Gasteiger partial charge is 0.383 e. The fourth-order valence-corrected chi connectivity index (χ4v) is 2.04. The van der Waals surface area contributed by atoms with Crippen molar-refractivity contribution in [3.05, 3.63) is 60.3 Å². The predicted molar refractivity (Wildman–Crippen MR) is 82.1 cm³/mol. The van der Waals surface area contributed by atoms with Gasteiger partial charge in [-0.2, -0.15) is 0 Å². The van der Waals surface area contributed by atoms with Crippen LogP contribution in [0.3, 0.4) is 0 Å². The summed E-state index contributed by atoms with van der Waals surface area (Å²) in [6.45, 7) is 0. The van der Waals surface area contributed by atoms with Crippen molar-refractivity contribution < 1.29 is 14.7 Å². The third kappa shape index (κ3) is 3.89. The molecule has 22 heavy (non-hydrogen) atoms. The molecule has 0 saturated carbocycles. The van der Waals surface area contributed by atoms with E-state index in [0.29, 0.717) is 11.3 Å². The Morgan fingerprint density at radius 1 is 1.14 bits per heavy atom. The number of rotatable bonds is 5. The van der Waals surface area contributed by atoms with Crippen LogP contribution < -0.4 is 10.6 Å². The summed E-state index contributed by atoms with van der Waals surface area (Å²) in [5.74, 6) is -0.680. The molecule has 1 aromatic heterocycles. The first-order chi connectivity index (χ1) is 10.6. The minimum absolute atomic E-state index is 0.0961. The molecule has 6 heteroatoms. The number of urea groups is 1. The van der Waals surface area contributed by atoms with Crippen LogP contribution in [0.1, 0.15) is 12.0 Å². The molecule has 1 atom stereocenters. The number of nitrogens with two attached hydrogens (primary N) is 1. The summed E-state index contributed by atoms with van der Waals surface area (Å²) in [6.07, 6.45) is 0.825. The highest BCUT2D eigenvalue weighted by molar-refractivity contribution is 6.14. The van der Waals surface area contributed by atoms with Crippen LogP contribution in [0.2, 0.25) is 0 Å². The van der Waals surface area contributed by atoms with Crippen LogP contribution in [0.15, 0.2) is 54.7 Å². The van der Waals surface area contributed by atoms with Crippen molar-refractivity contribution in [2.45, 2.75) is 18.9 Å². The lowest BCUT2D eigenvalue weighted by Gasteiger charge is -2.20. The van der Waals surface area contributed by atoms with Gasteiger partial charge in [-0.05, 0) is 30.5 Å². The van der Waals surface area contributed by atoms with Crippen molar-refractivity contribution in [1.29, 1.82) is 0 Å². The summed E-state index contributed by atoms with van der Waals surface area (Å²) in [5, 5.41) is 10.0. The number of primary amides is 1. The summed E-state index contributed by atoms with van der Waals surface area (Å²) in [7, 11) is 0. The van der Waals surface area contributed by atoms with E-state index in [0.717, 1.165) is 5.56 Å². The lowest BCUT2D eigenvalue weighted by molar-refractivity contribution is -0.126. The Morgan fingerprint density at radius 2 is 1.82 bits per heavy atom. The molecule has 0 unspecified atom stereocenters. The summed E-state index contributed by atoms with van der Waals surface area (Å²) in [6, 6.07) is 13.3. The molecule has 0 fully saturated rings. The summed E-state index contributed by atoms with van der Waals surface area (Å²) in [5.41, 5.74) is 6.23. The number of amides is 3. The fraction of sp³-hybridized carbons (Fsp3) is 0.188. The zero-order chi connectivity index (χ0) is 15.9. The molecule has 0 spiro atoms. The SMILES string of the molecule is NC(=O)N(C(=O)[C@@H](O)CCc1ccccc1)c1ccccn1. The number of anilines is 1. The van der Waals surface area contributed by atoms with Crippen LogP contribution in [0, 0.1) is 0 Å². The molecule has 6 nitrogen and oxygen atoms in total. The molecule has 0 aliphatic heterocycles. The number of aryl methyl sites for hydroxylation is 1. The van der Waals surface area contributed by atoms with Crippen molar-refractivity contribution in [1.82, 2.24) is 4.98 Å². The Morgan fingerprint density at radius 3 is 2.41 bits per heavy atom. The number of aromatic nitrogens is 1. The zero-order valence-corrected chi connectivity index (χ0v) is 11.9. The Balaban J connectivity index is 2.05. The molecule has 2 aromatic rings. The van der Waals surface area contributed by atoms with Gasteiger partial charge in [0.2, 0.25) is 0 Å². The molecule has 0 bridgehead atoms. The third-order valence-electron chi connectivity index (χ3n) is 3.15. The van der Waals surface area contributed by atoms with Gasteiger partial charge in [-0.25, -0.2) is 14.7 Å². The van der Waals surface area contributed by atoms with Gasteiger partial charge < -0.3 is 10.8 Å². The second kappa shape index (κ2) is 7.33. The van der Waals surface area contributed by atoms with Gasteiger partial charge in [0.05, 0.1) is 0 Å². The molecule has 0 aliphatic rings. The van der Waals surface area contributed by atoms with Crippen molar-refractivity contribution >= 4 is 17.8 Å². The van der Waals surface area contributed by atoms with Crippen LogP contribution in [-0.4, -0.2) is 28.1 Å². The van der Waals surface area contributed by atoms with Gasteiger partial charge in [-0.1, -0.05) is 36.4 Å². The van der Waals surface area contributed by atoms with Crippen molar-refractivity contribution in [3.8, 4) is 0 Å². The van der Waals surface area contributed by atoms with Crippen molar-refractivity contribution in [3.63, 3.8) is 0 Å². The second-order valence-electron chi connectivity index (χ2n) is 4.74. The maximum atomic E-state index is 12.2. The van der Waals surface area contributed by atoms with E-state index < -0.39 is 18.0 Å². The lowest BCUT2D eigenvalue weighted by atomic mass is 10.1. The first-order valence-corrected chi connectivity index (χ1v) is 6.86. The quantitative estimate of drug-likeness (QED) is 0.874. The monoisotopic (exact) mass is 299 g/mol.